The van der Waals surface area contributed by atoms with E-state index < -0.39 is 21.8 Å². The second kappa shape index (κ2) is 9.78. The number of rotatable bonds is 6. The Morgan fingerprint density at radius 3 is 2.16 bits per heavy atom. The van der Waals surface area contributed by atoms with Gasteiger partial charge in [-0.1, -0.05) is 47.5 Å². The molecule has 0 spiro atoms. The third-order valence-corrected chi connectivity index (χ3v) is 5.73. The maximum Gasteiger partial charge on any atom is 0.272 e. The number of nitrogens with two attached hydrogens (primary N) is 1. The van der Waals surface area contributed by atoms with Gasteiger partial charge in [-0.15, -0.1) is 0 Å². The molecule has 9 heteroatoms. The molecule has 0 aromatic heterocycles. The van der Waals surface area contributed by atoms with Crippen molar-refractivity contribution >= 4 is 45.2 Å². The fraction of sp³-hybridized carbons (Fsp3) is 0.0435. The lowest BCUT2D eigenvalue weighted by Crippen LogP contribution is -2.30. The highest BCUT2D eigenvalue weighted by Gasteiger charge is 2.16. The SMILES string of the molecule is Cc1ccc(C(=O)N/C(=C/c2ccccc2Cl)C(=O)Nc2ccc(S(N)(=O)=O)cc2)cc1. The quantitative estimate of drug-likeness (QED) is 0.477. The smallest absolute Gasteiger partial charge is 0.272 e. The van der Waals surface area contributed by atoms with Gasteiger partial charge in [-0.05, 0) is 61.0 Å². The van der Waals surface area contributed by atoms with E-state index in [-0.39, 0.29) is 10.6 Å². The number of sulfonamides is 1. The standard InChI is InChI=1S/C23H20ClN3O4S/c1-15-6-8-16(9-7-15)22(28)27-21(14-17-4-2-3-5-20(17)24)23(29)26-18-10-12-19(13-11-18)32(25,30)31/h2-14H,1H3,(H,26,29)(H,27,28)(H2,25,30,31)/b21-14+. The molecule has 0 aliphatic rings. The Morgan fingerprint density at radius 2 is 1.56 bits per heavy atom. The number of amides is 2. The average molecular weight is 470 g/mol. The van der Waals surface area contributed by atoms with Crippen LogP contribution in [-0.2, 0) is 14.8 Å². The van der Waals surface area contributed by atoms with Crippen molar-refractivity contribution in [2.75, 3.05) is 5.32 Å². The zero-order chi connectivity index (χ0) is 23.3. The van der Waals surface area contributed by atoms with Crippen molar-refractivity contribution < 1.29 is 18.0 Å². The van der Waals surface area contributed by atoms with Gasteiger partial charge in [0.15, 0.2) is 0 Å². The first kappa shape index (κ1) is 23.2. The van der Waals surface area contributed by atoms with Gasteiger partial charge in [0.1, 0.15) is 5.70 Å². The van der Waals surface area contributed by atoms with E-state index in [1.807, 2.05) is 6.92 Å². The third kappa shape index (κ3) is 6.04. The summed E-state index contributed by atoms with van der Waals surface area (Å²) in [6.07, 6.45) is 1.46. The highest BCUT2D eigenvalue weighted by molar-refractivity contribution is 7.89. The van der Waals surface area contributed by atoms with Gasteiger partial charge in [0.2, 0.25) is 10.0 Å². The molecule has 0 fully saturated rings. The minimum absolute atomic E-state index is 0.0424. The number of carbonyl (C=O) groups is 2. The molecule has 0 bridgehead atoms. The average Bonchev–Trinajstić information content (AvgIpc) is 2.75. The summed E-state index contributed by atoms with van der Waals surface area (Å²) in [7, 11) is -3.86. The minimum atomic E-state index is -3.86. The van der Waals surface area contributed by atoms with Crippen LogP contribution in [0, 0.1) is 6.92 Å². The lowest BCUT2D eigenvalue weighted by atomic mass is 10.1. The molecule has 3 aromatic carbocycles. The minimum Gasteiger partial charge on any atom is -0.321 e. The molecule has 164 valence electrons. The largest absolute Gasteiger partial charge is 0.321 e. The number of hydrogen-bond acceptors (Lipinski definition) is 4. The highest BCUT2D eigenvalue weighted by atomic mass is 35.5. The van der Waals surface area contributed by atoms with E-state index in [2.05, 4.69) is 10.6 Å². The van der Waals surface area contributed by atoms with Crippen LogP contribution < -0.4 is 15.8 Å². The summed E-state index contributed by atoms with van der Waals surface area (Å²) in [6, 6.07) is 19.1. The van der Waals surface area contributed by atoms with Gasteiger partial charge in [-0.3, -0.25) is 9.59 Å². The molecule has 32 heavy (non-hydrogen) atoms. The molecule has 0 atom stereocenters. The van der Waals surface area contributed by atoms with Gasteiger partial charge in [-0.2, -0.15) is 0 Å². The first-order valence-electron chi connectivity index (χ1n) is 9.42. The van der Waals surface area contributed by atoms with Crippen LogP contribution in [-0.4, -0.2) is 20.2 Å². The van der Waals surface area contributed by atoms with E-state index in [0.29, 0.717) is 21.8 Å². The molecule has 2 amide bonds. The lowest BCUT2D eigenvalue weighted by Gasteiger charge is -2.12. The Balaban J connectivity index is 1.89. The summed E-state index contributed by atoms with van der Waals surface area (Å²) >= 11 is 6.21. The predicted molar refractivity (Wildman–Crippen MR) is 125 cm³/mol. The molecular weight excluding hydrogens is 450 g/mol. The summed E-state index contributed by atoms with van der Waals surface area (Å²) in [5, 5.41) is 10.7. The predicted octanol–water partition coefficient (Wildman–Crippen LogP) is 3.71. The topological polar surface area (TPSA) is 118 Å². The Hall–Kier alpha value is -3.46. The number of aryl methyl sites for hydroxylation is 1. The molecule has 0 aliphatic heterocycles. The fourth-order valence-electron chi connectivity index (χ4n) is 2.73. The van der Waals surface area contributed by atoms with Crippen LogP contribution in [0.15, 0.2) is 83.4 Å². The van der Waals surface area contributed by atoms with Gasteiger partial charge in [0.05, 0.1) is 4.90 Å². The van der Waals surface area contributed by atoms with Gasteiger partial charge < -0.3 is 10.6 Å². The van der Waals surface area contributed by atoms with Crippen molar-refractivity contribution in [3.05, 3.63) is 100 Å². The highest BCUT2D eigenvalue weighted by Crippen LogP contribution is 2.19. The first-order valence-corrected chi connectivity index (χ1v) is 11.3. The molecule has 0 saturated carbocycles. The van der Waals surface area contributed by atoms with Crippen LogP contribution in [0.1, 0.15) is 21.5 Å². The van der Waals surface area contributed by atoms with Crippen molar-refractivity contribution in [3.63, 3.8) is 0 Å². The van der Waals surface area contributed by atoms with Crippen LogP contribution in [0.4, 0.5) is 5.69 Å². The number of halogens is 1. The van der Waals surface area contributed by atoms with Crippen LogP contribution in [0.2, 0.25) is 5.02 Å². The molecule has 0 heterocycles. The molecular formula is C23H20ClN3O4S. The molecule has 0 saturated heterocycles. The van der Waals surface area contributed by atoms with Crippen molar-refractivity contribution in [1.82, 2.24) is 5.32 Å². The van der Waals surface area contributed by atoms with Crippen molar-refractivity contribution in [3.8, 4) is 0 Å². The Bertz CT molecular complexity index is 1290. The number of nitrogens with one attached hydrogen (secondary N) is 2. The van der Waals surface area contributed by atoms with E-state index in [1.165, 1.54) is 30.3 Å². The van der Waals surface area contributed by atoms with Crippen molar-refractivity contribution in [1.29, 1.82) is 0 Å². The second-order valence-corrected chi connectivity index (χ2v) is 8.89. The molecule has 3 rings (SSSR count). The number of primary sulfonamides is 1. The van der Waals surface area contributed by atoms with E-state index in [0.717, 1.165) is 5.56 Å². The number of benzene rings is 3. The van der Waals surface area contributed by atoms with Gasteiger partial charge in [0.25, 0.3) is 11.8 Å². The van der Waals surface area contributed by atoms with Crippen molar-refractivity contribution in [2.45, 2.75) is 11.8 Å². The molecule has 7 nitrogen and oxygen atoms in total. The number of hydrogen-bond donors (Lipinski definition) is 3. The van der Waals surface area contributed by atoms with Crippen molar-refractivity contribution in [2.24, 2.45) is 5.14 Å². The third-order valence-electron chi connectivity index (χ3n) is 4.45. The number of carbonyl (C=O) groups excluding carboxylic acids is 2. The van der Waals surface area contributed by atoms with Crippen LogP contribution in [0.25, 0.3) is 6.08 Å². The maximum absolute atomic E-state index is 13.0. The summed E-state index contributed by atoms with van der Waals surface area (Å²) in [6.45, 7) is 1.90. The summed E-state index contributed by atoms with van der Waals surface area (Å²) in [5.74, 6) is -1.09. The number of anilines is 1. The molecule has 0 unspecified atom stereocenters. The van der Waals surface area contributed by atoms with E-state index in [1.54, 1.807) is 48.5 Å². The van der Waals surface area contributed by atoms with E-state index in [4.69, 9.17) is 16.7 Å². The summed E-state index contributed by atoms with van der Waals surface area (Å²) in [4.78, 5) is 25.6. The Kier molecular flexibility index (Phi) is 7.09. The normalized spacial score (nSPS) is 11.7. The van der Waals surface area contributed by atoms with Crippen LogP contribution in [0.5, 0.6) is 0 Å². The zero-order valence-corrected chi connectivity index (χ0v) is 18.6. The molecule has 3 aromatic rings. The fourth-order valence-corrected chi connectivity index (χ4v) is 3.44. The maximum atomic E-state index is 13.0. The van der Waals surface area contributed by atoms with Gasteiger partial charge in [0, 0.05) is 16.3 Å². The molecule has 0 radical (unpaired) electrons. The summed E-state index contributed by atoms with van der Waals surface area (Å²) in [5.41, 5.74) is 2.18. The van der Waals surface area contributed by atoms with E-state index in [9.17, 15) is 18.0 Å². The van der Waals surface area contributed by atoms with Crippen LogP contribution >= 0.6 is 11.6 Å². The summed E-state index contributed by atoms with van der Waals surface area (Å²) < 4.78 is 22.8. The molecule has 0 aliphatic carbocycles. The Morgan fingerprint density at radius 1 is 0.938 bits per heavy atom. The van der Waals surface area contributed by atoms with E-state index >= 15 is 0 Å². The first-order chi connectivity index (χ1) is 15.1. The van der Waals surface area contributed by atoms with Crippen LogP contribution in [0.3, 0.4) is 0 Å². The zero-order valence-electron chi connectivity index (χ0n) is 17.0. The molecule has 4 N–H and O–H groups in total. The van der Waals surface area contributed by atoms with Gasteiger partial charge >= 0.3 is 0 Å². The lowest BCUT2D eigenvalue weighted by molar-refractivity contribution is -0.113. The monoisotopic (exact) mass is 469 g/mol. The Labute approximate surface area is 191 Å². The van der Waals surface area contributed by atoms with Gasteiger partial charge in [-0.25, -0.2) is 13.6 Å². The second-order valence-electron chi connectivity index (χ2n) is 6.92.